The molecule has 4 rings (SSSR count). The predicted molar refractivity (Wildman–Crippen MR) is 131 cm³/mol. The monoisotopic (exact) mass is 468 g/mol. The second-order valence-electron chi connectivity index (χ2n) is 9.52. The molecule has 0 aliphatic carbocycles. The van der Waals surface area contributed by atoms with E-state index < -0.39 is 6.23 Å². The number of hydrogen-bond donors (Lipinski definition) is 2. The molecule has 184 valence electrons. The Kier molecular flexibility index (Phi) is 7.39. The Hall–Kier alpha value is -2.69. The highest BCUT2D eigenvalue weighted by atomic mass is 16.5. The van der Waals surface area contributed by atoms with Crippen molar-refractivity contribution < 1.29 is 9.84 Å². The van der Waals surface area contributed by atoms with Crippen LogP contribution < -0.4 is 5.32 Å². The van der Waals surface area contributed by atoms with E-state index in [9.17, 15) is 5.11 Å². The average Bonchev–Trinajstić information content (AvgIpc) is 3.18. The van der Waals surface area contributed by atoms with Crippen LogP contribution in [-0.4, -0.2) is 77.1 Å². The number of aryl methyl sites for hydroxylation is 2. The fourth-order valence-corrected chi connectivity index (χ4v) is 4.58. The van der Waals surface area contributed by atoms with Crippen molar-refractivity contribution in [1.82, 2.24) is 34.4 Å². The minimum absolute atomic E-state index is 0.000470. The number of aromatic nitrogens is 6. The van der Waals surface area contributed by atoms with Crippen LogP contribution >= 0.6 is 0 Å². The van der Waals surface area contributed by atoms with Crippen molar-refractivity contribution in [2.24, 2.45) is 5.92 Å². The normalized spacial score (nSPS) is 21.2. The topological polar surface area (TPSA) is 114 Å². The van der Waals surface area contributed by atoms with E-state index in [-0.39, 0.29) is 24.2 Å². The van der Waals surface area contributed by atoms with Gasteiger partial charge in [-0.3, -0.25) is 4.90 Å². The van der Waals surface area contributed by atoms with Gasteiger partial charge in [0.1, 0.15) is 24.2 Å². The molecule has 10 nitrogen and oxygen atoms in total. The Balaban J connectivity index is 1.61. The molecule has 0 spiro atoms. The number of aliphatic hydroxyl groups excluding tert-OH is 1. The number of morpholine rings is 1. The summed E-state index contributed by atoms with van der Waals surface area (Å²) in [6.07, 6.45) is 5.34. The zero-order valence-electron chi connectivity index (χ0n) is 20.9. The third-order valence-electron chi connectivity index (χ3n) is 6.35. The van der Waals surface area contributed by atoms with Crippen molar-refractivity contribution in [2.75, 3.05) is 18.4 Å². The van der Waals surface area contributed by atoms with E-state index in [0.29, 0.717) is 30.1 Å². The van der Waals surface area contributed by atoms with E-state index in [1.807, 2.05) is 25.3 Å². The van der Waals surface area contributed by atoms with E-state index in [0.717, 1.165) is 30.1 Å². The van der Waals surface area contributed by atoms with Crippen LogP contribution in [0.15, 0.2) is 18.7 Å². The van der Waals surface area contributed by atoms with Crippen molar-refractivity contribution in [3.05, 3.63) is 24.5 Å². The predicted octanol–water partition coefficient (Wildman–Crippen LogP) is 2.87. The summed E-state index contributed by atoms with van der Waals surface area (Å²) in [7, 11) is 0. The van der Waals surface area contributed by atoms with Gasteiger partial charge in [0.15, 0.2) is 17.0 Å². The van der Waals surface area contributed by atoms with Gasteiger partial charge in [0.05, 0.1) is 17.8 Å². The van der Waals surface area contributed by atoms with E-state index >= 15 is 0 Å². The number of imidazole rings is 1. The number of nitrogens with one attached hydrogen (secondary N) is 1. The highest BCUT2D eigenvalue weighted by molar-refractivity contribution is 5.86. The van der Waals surface area contributed by atoms with Gasteiger partial charge in [-0.15, -0.1) is 0 Å². The number of ether oxygens (including phenoxy) is 1. The minimum Gasteiger partial charge on any atom is -0.378 e. The smallest absolute Gasteiger partial charge is 0.165 e. The van der Waals surface area contributed by atoms with E-state index in [1.54, 1.807) is 18.7 Å². The Morgan fingerprint density at radius 1 is 1.12 bits per heavy atom. The highest BCUT2D eigenvalue weighted by Crippen LogP contribution is 2.28. The van der Waals surface area contributed by atoms with Crippen LogP contribution in [-0.2, 0) is 11.3 Å². The summed E-state index contributed by atoms with van der Waals surface area (Å²) < 4.78 is 7.87. The quantitative estimate of drug-likeness (QED) is 0.515. The van der Waals surface area contributed by atoms with Crippen LogP contribution in [0.3, 0.4) is 0 Å². The molecule has 1 aliphatic rings. The lowest BCUT2D eigenvalue weighted by atomic mass is 9.99. The first-order valence-corrected chi connectivity index (χ1v) is 12.1. The molecule has 34 heavy (non-hydrogen) atoms. The van der Waals surface area contributed by atoms with Gasteiger partial charge in [-0.25, -0.2) is 24.9 Å². The Labute approximate surface area is 200 Å². The molecule has 0 radical (unpaired) electrons. The second-order valence-corrected chi connectivity index (χ2v) is 9.52. The van der Waals surface area contributed by atoms with Crippen LogP contribution in [0.2, 0.25) is 0 Å². The van der Waals surface area contributed by atoms with Crippen molar-refractivity contribution >= 4 is 17.0 Å². The second kappa shape index (κ2) is 10.3. The molecular formula is C24H36N8O2. The summed E-state index contributed by atoms with van der Waals surface area (Å²) in [5.74, 6) is 2.42. The van der Waals surface area contributed by atoms with Crippen LogP contribution in [0.5, 0.6) is 0 Å². The first-order valence-electron chi connectivity index (χ1n) is 12.1. The maximum absolute atomic E-state index is 11.0. The average molecular weight is 469 g/mol. The van der Waals surface area contributed by atoms with E-state index in [2.05, 4.69) is 50.9 Å². The van der Waals surface area contributed by atoms with Gasteiger partial charge in [0.2, 0.25) is 0 Å². The molecule has 3 aromatic heterocycles. The molecule has 4 heterocycles. The molecule has 1 saturated heterocycles. The molecule has 0 saturated carbocycles. The van der Waals surface area contributed by atoms with Crippen molar-refractivity contribution in [3.63, 3.8) is 0 Å². The number of nitrogens with zero attached hydrogens (tertiary/aromatic N) is 7. The molecule has 0 bridgehead atoms. The lowest BCUT2D eigenvalue weighted by molar-refractivity contribution is -0.122. The number of aliphatic hydroxyl groups is 1. The maximum Gasteiger partial charge on any atom is 0.165 e. The van der Waals surface area contributed by atoms with Gasteiger partial charge < -0.3 is 19.7 Å². The molecule has 2 N–H and O–H groups in total. The van der Waals surface area contributed by atoms with Crippen LogP contribution in [0.4, 0.5) is 5.82 Å². The first-order chi connectivity index (χ1) is 16.3. The maximum atomic E-state index is 11.0. The molecule has 1 aliphatic heterocycles. The molecule has 0 amide bonds. The third-order valence-corrected chi connectivity index (χ3v) is 6.35. The Morgan fingerprint density at radius 2 is 1.79 bits per heavy atom. The number of fused-ring (bicyclic) bond motifs is 1. The molecule has 0 aromatic carbocycles. The lowest BCUT2D eigenvalue weighted by Gasteiger charge is -2.39. The molecule has 4 atom stereocenters. The van der Waals surface area contributed by atoms with Gasteiger partial charge in [0.25, 0.3) is 0 Å². The zero-order chi connectivity index (χ0) is 24.4. The SMILES string of the molecule is CCn1c(-c2cnc(C)nc2)nc2c(N[C@H](CC(O)N3C[C@@H](C)O[C@@H](C)C3)C(C)C)ncnc21. The summed E-state index contributed by atoms with van der Waals surface area (Å²) in [5, 5.41) is 14.6. The van der Waals surface area contributed by atoms with E-state index in [4.69, 9.17) is 9.72 Å². The lowest BCUT2D eigenvalue weighted by Crippen LogP contribution is -2.51. The number of rotatable bonds is 8. The molecule has 1 fully saturated rings. The van der Waals surface area contributed by atoms with Gasteiger partial charge >= 0.3 is 0 Å². The fourth-order valence-electron chi connectivity index (χ4n) is 4.58. The largest absolute Gasteiger partial charge is 0.378 e. The van der Waals surface area contributed by atoms with E-state index in [1.165, 1.54) is 0 Å². The Bertz CT molecular complexity index is 1090. The number of hydrogen-bond acceptors (Lipinski definition) is 9. The molecule has 1 unspecified atom stereocenters. The first kappa shape index (κ1) is 24.4. The van der Waals surface area contributed by atoms with Gasteiger partial charge in [-0.05, 0) is 33.6 Å². The highest BCUT2D eigenvalue weighted by Gasteiger charge is 2.30. The molecular weight excluding hydrogens is 432 g/mol. The standard InChI is InChI=1S/C24H36N8O2/c1-7-32-23(18-9-25-17(6)26-10-18)30-21-22(27-13-28-24(21)32)29-19(14(2)3)8-20(33)31-11-15(4)34-16(5)12-31/h9-10,13-16,19-20,33H,7-8,11-12H2,1-6H3,(H,27,28,29)/t15-,16+,19-,20?/m1/s1. The summed E-state index contributed by atoms with van der Waals surface area (Å²) in [4.78, 5) is 24.7. The van der Waals surface area contributed by atoms with Gasteiger partial charge in [-0.2, -0.15) is 0 Å². The minimum atomic E-state index is -0.570. The van der Waals surface area contributed by atoms with Crippen molar-refractivity contribution in [1.29, 1.82) is 0 Å². The Morgan fingerprint density at radius 3 is 2.41 bits per heavy atom. The van der Waals surface area contributed by atoms with Crippen LogP contribution in [0.1, 0.15) is 46.9 Å². The van der Waals surface area contributed by atoms with Gasteiger partial charge in [-0.1, -0.05) is 13.8 Å². The third kappa shape index (κ3) is 5.18. The summed E-state index contributed by atoms with van der Waals surface area (Å²) in [6, 6.07) is -0.000470. The van der Waals surface area contributed by atoms with Crippen LogP contribution in [0, 0.1) is 12.8 Å². The van der Waals surface area contributed by atoms with Crippen molar-refractivity contribution in [3.8, 4) is 11.4 Å². The molecule has 10 heteroatoms. The van der Waals surface area contributed by atoms with Gasteiger partial charge in [0, 0.05) is 44.5 Å². The summed E-state index contributed by atoms with van der Waals surface area (Å²) in [6.45, 7) is 14.5. The molecule has 3 aromatic rings. The summed E-state index contributed by atoms with van der Waals surface area (Å²) in [5.41, 5.74) is 2.30. The van der Waals surface area contributed by atoms with Crippen LogP contribution in [0.25, 0.3) is 22.6 Å². The fraction of sp³-hybridized carbons (Fsp3) is 0.625. The summed E-state index contributed by atoms with van der Waals surface area (Å²) >= 11 is 0. The number of anilines is 1. The zero-order valence-corrected chi connectivity index (χ0v) is 20.9. The van der Waals surface area contributed by atoms with Crippen molar-refractivity contribution in [2.45, 2.75) is 79.0 Å².